The quantitative estimate of drug-likeness (QED) is 0.722. The summed E-state index contributed by atoms with van der Waals surface area (Å²) in [6.45, 7) is 4.14. The first-order valence-electron chi connectivity index (χ1n) is 4.08. The van der Waals surface area contributed by atoms with Crippen molar-refractivity contribution in [2.75, 3.05) is 0 Å². The van der Waals surface area contributed by atoms with E-state index in [-0.39, 0.29) is 6.10 Å². The fourth-order valence-corrected chi connectivity index (χ4v) is 2.20. The predicted octanol–water partition coefficient (Wildman–Crippen LogP) is 2.66. The van der Waals surface area contributed by atoms with E-state index in [1.165, 1.54) is 16.7 Å². The number of hydrogen-bond acceptors (Lipinski definition) is 1. The molecule has 1 aromatic rings. The van der Waals surface area contributed by atoms with Crippen LogP contribution in [0.5, 0.6) is 0 Å². The smallest absolute Gasteiger partial charge is 0.0836 e. The van der Waals surface area contributed by atoms with E-state index >= 15 is 0 Å². The van der Waals surface area contributed by atoms with Crippen molar-refractivity contribution in [2.45, 2.75) is 26.4 Å². The molecule has 1 N–H and O–H groups in total. The zero-order valence-corrected chi connectivity index (χ0v) is 8.77. The fraction of sp³-hybridized carbons (Fsp3) is 0.400. The standard InChI is InChI=1S/C10H11BrO/c1-5-3-7-4-8(12)9(7)6(2)10(5)11/h3,8,12H,4H2,1-2H3. The van der Waals surface area contributed by atoms with Crippen molar-refractivity contribution in [3.8, 4) is 0 Å². The van der Waals surface area contributed by atoms with E-state index in [0.717, 1.165) is 16.5 Å². The van der Waals surface area contributed by atoms with Crippen LogP contribution in [0.3, 0.4) is 0 Å². The number of aryl methyl sites for hydroxylation is 1. The summed E-state index contributed by atoms with van der Waals surface area (Å²) < 4.78 is 1.14. The molecule has 0 aliphatic heterocycles. The lowest BCUT2D eigenvalue weighted by atomic mass is 9.81. The molecule has 12 heavy (non-hydrogen) atoms. The summed E-state index contributed by atoms with van der Waals surface area (Å²) in [6.07, 6.45) is 0.599. The van der Waals surface area contributed by atoms with Crippen LogP contribution in [0.1, 0.15) is 28.4 Å². The summed E-state index contributed by atoms with van der Waals surface area (Å²) in [6, 6.07) is 2.15. The van der Waals surface area contributed by atoms with Crippen LogP contribution in [0, 0.1) is 13.8 Å². The minimum atomic E-state index is -0.225. The molecule has 64 valence electrons. The maximum atomic E-state index is 9.48. The average Bonchev–Trinajstić information content (AvgIpc) is 1.99. The van der Waals surface area contributed by atoms with Crippen LogP contribution in [-0.4, -0.2) is 5.11 Å². The summed E-state index contributed by atoms with van der Waals surface area (Å²) in [7, 11) is 0. The molecule has 0 saturated heterocycles. The van der Waals surface area contributed by atoms with E-state index in [9.17, 15) is 5.11 Å². The molecule has 1 nitrogen and oxygen atoms in total. The molecule has 2 heteroatoms. The van der Waals surface area contributed by atoms with Gasteiger partial charge in [-0.15, -0.1) is 0 Å². The van der Waals surface area contributed by atoms with E-state index in [4.69, 9.17) is 0 Å². The maximum absolute atomic E-state index is 9.48. The molecular weight excluding hydrogens is 216 g/mol. The number of rotatable bonds is 0. The van der Waals surface area contributed by atoms with Gasteiger partial charge in [-0.25, -0.2) is 0 Å². The topological polar surface area (TPSA) is 20.2 Å². The SMILES string of the molecule is Cc1cc2c(c(C)c1Br)C(O)C2. The van der Waals surface area contributed by atoms with Gasteiger partial charge in [-0.05, 0) is 36.1 Å². The van der Waals surface area contributed by atoms with Crippen molar-refractivity contribution in [3.05, 3.63) is 32.8 Å². The summed E-state index contributed by atoms with van der Waals surface area (Å²) in [4.78, 5) is 0. The molecular formula is C10H11BrO. The highest BCUT2D eigenvalue weighted by molar-refractivity contribution is 9.10. The minimum Gasteiger partial charge on any atom is -0.388 e. The predicted molar refractivity (Wildman–Crippen MR) is 52.3 cm³/mol. The first-order chi connectivity index (χ1) is 5.61. The molecule has 1 aromatic carbocycles. The van der Waals surface area contributed by atoms with Crippen LogP contribution < -0.4 is 0 Å². The van der Waals surface area contributed by atoms with E-state index in [1.807, 2.05) is 0 Å². The second kappa shape index (κ2) is 2.57. The largest absolute Gasteiger partial charge is 0.388 e. The summed E-state index contributed by atoms with van der Waals surface area (Å²) >= 11 is 3.51. The second-order valence-electron chi connectivity index (χ2n) is 3.43. The van der Waals surface area contributed by atoms with Crippen molar-refractivity contribution in [1.29, 1.82) is 0 Å². The molecule has 1 atom stereocenters. The van der Waals surface area contributed by atoms with E-state index in [1.54, 1.807) is 0 Å². The van der Waals surface area contributed by atoms with Crippen LogP contribution in [-0.2, 0) is 6.42 Å². The highest BCUT2D eigenvalue weighted by Gasteiger charge is 2.27. The van der Waals surface area contributed by atoms with Gasteiger partial charge < -0.3 is 5.11 Å². The molecule has 2 rings (SSSR count). The summed E-state index contributed by atoms with van der Waals surface area (Å²) in [5, 5.41) is 9.48. The number of fused-ring (bicyclic) bond motifs is 1. The first-order valence-corrected chi connectivity index (χ1v) is 4.87. The Morgan fingerprint density at radius 1 is 1.50 bits per heavy atom. The Morgan fingerprint density at radius 2 is 2.17 bits per heavy atom. The Kier molecular flexibility index (Phi) is 1.77. The fourth-order valence-electron chi connectivity index (χ4n) is 1.87. The highest BCUT2D eigenvalue weighted by Crippen LogP contribution is 2.39. The minimum absolute atomic E-state index is 0.225. The van der Waals surface area contributed by atoms with Crippen molar-refractivity contribution in [2.24, 2.45) is 0 Å². The Hall–Kier alpha value is -0.340. The zero-order chi connectivity index (χ0) is 8.88. The lowest BCUT2D eigenvalue weighted by molar-refractivity contribution is 0.152. The van der Waals surface area contributed by atoms with Gasteiger partial charge in [0.15, 0.2) is 0 Å². The van der Waals surface area contributed by atoms with Gasteiger partial charge in [-0.2, -0.15) is 0 Å². The number of benzene rings is 1. The van der Waals surface area contributed by atoms with Crippen LogP contribution in [0.2, 0.25) is 0 Å². The summed E-state index contributed by atoms with van der Waals surface area (Å²) in [5.74, 6) is 0. The monoisotopic (exact) mass is 226 g/mol. The Morgan fingerprint density at radius 3 is 2.75 bits per heavy atom. The van der Waals surface area contributed by atoms with Gasteiger partial charge in [0.05, 0.1) is 6.10 Å². The molecule has 1 aliphatic rings. The molecule has 0 heterocycles. The number of halogens is 1. The van der Waals surface area contributed by atoms with Crippen molar-refractivity contribution >= 4 is 15.9 Å². The molecule has 0 fully saturated rings. The average molecular weight is 227 g/mol. The molecule has 1 aliphatic carbocycles. The number of aliphatic hydroxyl groups is 1. The van der Waals surface area contributed by atoms with Gasteiger partial charge in [0.2, 0.25) is 0 Å². The Bertz CT molecular complexity index is 344. The van der Waals surface area contributed by atoms with Crippen molar-refractivity contribution in [1.82, 2.24) is 0 Å². The maximum Gasteiger partial charge on any atom is 0.0836 e. The third kappa shape index (κ3) is 0.947. The molecule has 0 amide bonds. The van der Waals surface area contributed by atoms with Crippen molar-refractivity contribution in [3.63, 3.8) is 0 Å². The van der Waals surface area contributed by atoms with Gasteiger partial charge >= 0.3 is 0 Å². The van der Waals surface area contributed by atoms with Crippen LogP contribution >= 0.6 is 15.9 Å². The molecule has 0 bridgehead atoms. The van der Waals surface area contributed by atoms with Crippen LogP contribution in [0.15, 0.2) is 10.5 Å². The lowest BCUT2D eigenvalue weighted by Gasteiger charge is -2.29. The Labute approximate surface area is 80.5 Å². The molecule has 0 saturated carbocycles. The number of hydrogen-bond donors (Lipinski definition) is 1. The number of aliphatic hydroxyl groups excluding tert-OH is 1. The van der Waals surface area contributed by atoms with Gasteiger partial charge in [-0.1, -0.05) is 22.0 Å². The lowest BCUT2D eigenvalue weighted by Crippen LogP contribution is -2.18. The third-order valence-corrected chi connectivity index (χ3v) is 3.78. The second-order valence-corrected chi connectivity index (χ2v) is 4.22. The molecule has 0 radical (unpaired) electrons. The van der Waals surface area contributed by atoms with Crippen LogP contribution in [0.4, 0.5) is 0 Å². The Balaban J connectivity index is 2.66. The van der Waals surface area contributed by atoms with Gasteiger partial charge in [-0.3, -0.25) is 0 Å². The molecule has 0 spiro atoms. The normalized spacial score (nSPS) is 20.2. The van der Waals surface area contributed by atoms with E-state index in [0.29, 0.717) is 0 Å². The van der Waals surface area contributed by atoms with Crippen molar-refractivity contribution < 1.29 is 5.11 Å². The van der Waals surface area contributed by atoms with Gasteiger partial charge in [0.25, 0.3) is 0 Å². The zero-order valence-electron chi connectivity index (χ0n) is 7.19. The molecule has 0 aromatic heterocycles. The van der Waals surface area contributed by atoms with E-state index < -0.39 is 0 Å². The van der Waals surface area contributed by atoms with Gasteiger partial charge in [0, 0.05) is 10.9 Å². The first kappa shape index (κ1) is 8.27. The van der Waals surface area contributed by atoms with Gasteiger partial charge in [0.1, 0.15) is 0 Å². The highest BCUT2D eigenvalue weighted by atomic mass is 79.9. The third-order valence-electron chi connectivity index (χ3n) is 2.56. The van der Waals surface area contributed by atoms with Crippen LogP contribution in [0.25, 0.3) is 0 Å². The molecule has 1 unspecified atom stereocenters. The summed E-state index contributed by atoms with van der Waals surface area (Å²) in [5.41, 5.74) is 4.90. The van der Waals surface area contributed by atoms with E-state index in [2.05, 4.69) is 35.8 Å².